The summed E-state index contributed by atoms with van der Waals surface area (Å²) in [5.74, 6) is 0.755. The number of nitrogen functional groups attached to an aromatic ring is 1. The SMILES string of the molecule is Cc1ccc(N)cc1Nc1cc(-c2cncnc2)ccn1. The first-order valence-corrected chi connectivity index (χ1v) is 6.57. The Balaban J connectivity index is 1.92. The predicted octanol–water partition coefficient (Wildman–Crippen LogP) is 3.17. The average Bonchev–Trinajstić information content (AvgIpc) is 2.52. The van der Waals surface area contributed by atoms with Crippen molar-refractivity contribution in [2.24, 2.45) is 0 Å². The first-order chi connectivity index (χ1) is 10.2. The van der Waals surface area contributed by atoms with E-state index in [-0.39, 0.29) is 0 Å². The number of nitrogens with zero attached hydrogens (tertiary/aromatic N) is 3. The summed E-state index contributed by atoms with van der Waals surface area (Å²) in [4.78, 5) is 12.4. The maximum atomic E-state index is 5.83. The fraction of sp³-hybridized carbons (Fsp3) is 0.0625. The maximum Gasteiger partial charge on any atom is 0.130 e. The number of aromatic nitrogens is 3. The van der Waals surface area contributed by atoms with Crippen molar-refractivity contribution < 1.29 is 0 Å². The molecule has 0 amide bonds. The highest BCUT2D eigenvalue weighted by Gasteiger charge is 2.03. The molecule has 0 saturated heterocycles. The standard InChI is InChI=1S/C16H15N5/c1-11-2-3-14(17)7-15(11)21-16-6-12(4-5-20-16)13-8-18-10-19-9-13/h2-10H,17H2,1H3,(H,20,21). The van der Waals surface area contributed by atoms with Gasteiger partial charge in [0.1, 0.15) is 12.1 Å². The topological polar surface area (TPSA) is 76.7 Å². The highest BCUT2D eigenvalue weighted by Crippen LogP contribution is 2.24. The van der Waals surface area contributed by atoms with Gasteiger partial charge in [0.15, 0.2) is 0 Å². The number of pyridine rings is 1. The summed E-state index contributed by atoms with van der Waals surface area (Å²) in [6, 6.07) is 9.64. The lowest BCUT2D eigenvalue weighted by molar-refractivity contribution is 1.17. The third kappa shape index (κ3) is 2.97. The van der Waals surface area contributed by atoms with Gasteiger partial charge >= 0.3 is 0 Å². The molecule has 21 heavy (non-hydrogen) atoms. The summed E-state index contributed by atoms with van der Waals surface area (Å²) in [6.45, 7) is 2.02. The van der Waals surface area contributed by atoms with Crippen molar-refractivity contribution in [3.8, 4) is 11.1 Å². The minimum Gasteiger partial charge on any atom is -0.399 e. The molecule has 0 aliphatic rings. The van der Waals surface area contributed by atoms with Crippen molar-refractivity contribution in [3.63, 3.8) is 0 Å². The van der Waals surface area contributed by atoms with Crippen LogP contribution in [0.25, 0.3) is 11.1 Å². The van der Waals surface area contributed by atoms with Crippen LogP contribution in [0.3, 0.4) is 0 Å². The van der Waals surface area contributed by atoms with Gasteiger partial charge in [-0.15, -0.1) is 0 Å². The highest BCUT2D eigenvalue weighted by atomic mass is 15.0. The van der Waals surface area contributed by atoms with E-state index in [2.05, 4.69) is 20.3 Å². The van der Waals surface area contributed by atoms with Crippen molar-refractivity contribution in [3.05, 3.63) is 60.8 Å². The van der Waals surface area contributed by atoms with Gasteiger partial charge in [0.2, 0.25) is 0 Å². The van der Waals surface area contributed by atoms with Crippen LogP contribution in [0.4, 0.5) is 17.2 Å². The monoisotopic (exact) mass is 277 g/mol. The Morgan fingerprint density at radius 1 is 1.00 bits per heavy atom. The minimum absolute atomic E-state index is 0.718. The normalized spacial score (nSPS) is 10.3. The van der Waals surface area contributed by atoms with Crippen molar-refractivity contribution >= 4 is 17.2 Å². The van der Waals surface area contributed by atoms with Gasteiger partial charge in [-0.1, -0.05) is 6.07 Å². The molecule has 5 nitrogen and oxygen atoms in total. The van der Waals surface area contributed by atoms with Crippen molar-refractivity contribution in [2.45, 2.75) is 6.92 Å². The second kappa shape index (κ2) is 5.58. The molecule has 0 fully saturated rings. The zero-order valence-electron chi connectivity index (χ0n) is 11.6. The molecule has 0 bridgehead atoms. The number of rotatable bonds is 3. The molecule has 0 spiro atoms. The Kier molecular flexibility index (Phi) is 3.47. The van der Waals surface area contributed by atoms with E-state index in [1.807, 2.05) is 37.3 Å². The third-order valence-corrected chi connectivity index (χ3v) is 3.18. The van der Waals surface area contributed by atoms with Crippen LogP contribution in [0.5, 0.6) is 0 Å². The number of aryl methyl sites for hydroxylation is 1. The van der Waals surface area contributed by atoms with E-state index in [1.54, 1.807) is 18.6 Å². The molecule has 0 radical (unpaired) electrons. The molecule has 0 unspecified atom stereocenters. The molecular weight excluding hydrogens is 262 g/mol. The Bertz CT molecular complexity index is 756. The highest BCUT2D eigenvalue weighted by molar-refractivity contribution is 5.70. The lowest BCUT2D eigenvalue weighted by atomic mass is 10.1. The molecule has 3 N–H and O–H groups in total. The van der Waals surface area contributed by atoms with Gasteiger partial charge in [0, 0.05) is 35.5 Å². The van der Waals surface area contributed by atoms with E-state index in [9.17, 15) is 0 Å². The average molecular weight is 277 g/mol. The first-order valence-electron chi connectivity index (χ1n) is 6.57. The summed E-state index contributed by atoms with van der Waals surface area (Å²) in [5, 5.41) is 3.29. The second-order valence-corrected chi connectivity index (χ2v) is 4.76. The molecule has 0 saturated carbocycles. The van der Waals surface area contributed by atoms with E-state index in [1.165, 1.54) is 6.33 Å². The quantitative estimate of drug-likeness (QED) is 0.719. The summed E-state index contributed by atoms with van der Waals surface area (Å²) in [7, 11) is 0. The molecule has 3 rings (SSSR count). The van der Waals surface area contributed by atoms with E-state index in [0.717, 1.165) is 33.9 Å². The van der Waals surface area contributed by atoms with Crippen molar-refractivity contribution in [1.82, 2.24) is 15.0 Å². The van der Waals surface area contributed by atoms with Crippen LogP contribution in [0, 0.1) is 6.92 Å². The van der Waals surface area contributed by atoms with E-state index >= 15 is 0 Å². The third-order valence-electron chi connectivity index (χ3n) is 3.18. The number of hydrogen-bond donors (Lipinski definition) is 2. The predicted molar refractivity (Wildman–Crippen MR) is 84.1 cm³/mol. The molecule has 0 aliphatic carbocycles. The zero-order chi connectivity index (χ0) is 14.7. The number of hydrogen-bond acceptors (Lipinski definition) is 5. The van der Waals surface area contributed by atoms with Gasteiger partial charge in [-0.3, -0.25) is 0 Å². The second-order valence-electron chi connectivity index (χ2n) is 4.76. The number of anilines is 3. The molecule has 1 aromatic carbocycles. The molecule has 0 atom stereocenters. The molecular formula is C16H15N5. The lowest BCUT2D eigenvalue weighted by Crippen LogP contribution is -1.97. The maximum absolute atomic E-state index is 5.83. The summed E-state index contributed by atoms with van der Waals surface area (Å²) < 4.78 is 0. The molecule has 2 aromatic heterocycles. The van der Waals surface area contributed by atoms with Crippen LogP contribution in [0.15, 0.2) is 55.2 Å². The largest absolute Gasteiger partial charge is 0.399 e. The zero-order valence-corrected chi connectivity index (χ0v) is 11.6. The number of nitrogens with one attached hydrogen (secondary N) is 1. The fourth-order valence-corrected chi connectivity index (χ4v) is 2.04. The van der Waals surface area contributed by atoms with Crippen LogP contribution in [0.1, 0.15) is 5.56 Å². The van der Waals surface area contributed by atoms with Crippen molar-refractivity contribution in [1.29, 1.82) is 0 Å². The number of nitrogens with two attached hydrogens (primary N) is 1. The van der Waals surface area contributed by atoms with Gasteiger partial charge in [0.05, 0.1) is 0 Å². The Labute approximate surface area is 122 Å². The Morgan fingerprint density at radius 3 is 2.62 bits per heavy atom. The molecule has 5 heteroatoms. The van der Waals surface area contributed by atoms with Gasteiger partial charge in [-0.05, 0) is 42.3 Å². The van der Waals surface area contributed by atoms with E-state index in [4.69, 9.17) is 5.73 Å². The summed E-state index contributed by atoms with van der Waals surface area (Å²) in [5.41, 5.74) is 10.6. The molecule has 104 valence electrons. The first kappa shape index (κ1) is 13.1. The molecule has 3 aromatic rings. The van der Waals surface area contributed by atoms with Gasteiger partial charge in [-0.2, -0.15) is 0 Å². The van der Waals surface area contributed by atoms with E-state index < -0.39 is 0 Å². The molecule has 2 heterocycles. The smallest absolute Gasteiger partial charge is 0.130 e. The lowest BCUT2D eigenvalue weighted by Gasteiger charge is -2.10. The minimum atomic E-state index is 0.718. The number of benzene rings is 1. The van der Waals surface area contributed by atoms with Crippen LogP contribution in [-0.2, 0) is 0 Å². The Morgan fingerprint density at radius 2 is 1.81 bits per heavy atom. The summed E-state index contributed by atoms with van der Waals surface area (Å²) in [6.07, 6.45) is 6.82. The fourth-order valence-electron chi connectivity index (χ4n) is 2.04. The van der Waals surface area contributed by atoms with Gasteiger partial charge in [-0.25, -0.2) is 15.0 Å². The van der Waals surface area contributed by atoms with Crippen molar-refractivity contribution in [2.75, 3.05) is 11.1 Å². The Hall–Kier alpha value is -2.95. The van der Waals surface area contributed by atoms with Crippen LogP contribution in [-0.4, -0.2) is 15.0 Å². The van der Waals surface area contributed by atoms with Gasteiger partial charge < -0.3 is 11.1 Å². The summed E-state index contributed by atoms with van der Waals surface area (Å²) >= 11 is 0. The van der Waals surface area contributed by atoms with E-state index in [0.29, 0.717) is 0 Å². The van der Waals surface area contributed by atoms with Gasteiger partial charge in [0.25, 0.3) is 0 Å². The van der Waals surface area contributed by atoms with Crippen LogP contribution >= 0.6 is 0 Å². The molecule has 0 aliphatic heterocycles. The van der Waals surface area contributed by atoms with Crippen LogP contribution in [0.2, 0.25) is 0 Å². The van der Waals surface area contributed by atoms with Crippen LogP contribution < -0.4 is 11.1 Å².